The summed E-state index contributed by atoms with van der Waals surface area (Å²) in [5.41, 5.74) is 8.00. The third-order valence-corrected chi connectivity index (χ3v) is 3.61. The fourth-order valence-electron chi connectivity index (χ4n) is 1.19. The van der Waals surface area contributed by atoms with Crippen LogP contribution in [0.25, 0.3) is 11.1 Å². The van der Waals surface area contributed by atoms with Crippen molar-refractivity contribution in [2.75, 3.05) is 23.5 Å². The standard InChI is InChI=1S/C10H12N2OS2/c1-14-4-5-15-10-12-8-3-2-7(11)6-9(8)13-10/h2-3,6H,4-5,11H2,1H3. The first-order valence-corrected chi connectivity index (χ1v) is 6.95. The van der Waals surface area contributed by atoms with Gasteiger partial charge in [-0.25, -0.2) is 4.98 Å². The molecule has 0 radical (unpaired) electrons. The average Bonchev–Trinajstić information content (AvgIpc) is 2.60. The van der Waals surface area contributed by atoms with Crippen LogP contribution in [0.1, 0.15) is 0 Å². The van der Waals surface area contributed by atoms with Gasteiger partial charge in [0.05, 0.1) is 0 Å². The molecule has 0 aliphatic heterocycles. The smallest absolute Gasteiger partial charge is 0.256 e. The number of aromatic nitrogens is 1. The Morgan fingerprint density at radius 1 is 1.40 bits per heavy atom. The van der Waals surface area contributed by atoms with Crippen LogP contribution in [0.15, 0.2) is 27.8 Å². The number of anilines is 1. The molecule has 1 heterocycles. The monoisotopic (exact) mass is 240 g/mol. The van der Waals surface area contributed by atoms with Crippen molar-refractivity contribution in [3.05, 3.63) is 18.2 Å². The largest absolute Gasteiger partial charge is 0.431 e. The van der Waals surface area contributed by atoms with Gasteiger partial charge >= 0.3 is 0 Å². The van der Waals surface area contributed by atoms with Gasteiger partial charge in [-0.1, -0.05) is 11.8 Å². The van der Waals surface area contributed by atoms with E-state index >= 15 is 0 Å². The number of benzene rings is 1. The molecule has 80 valence electrons. The lowest BCUT2D eigenvalue weighted by molar-refractivity contribution is 0.490. The predicted octanol–water partition coefficient (Wildman–Crippen LogP) is 2.87. The van der Waals surface area contributed by atoms with Crippen molar-refractivity contribution >= 4 is 40.3 Å². The van der Waals surface area contributed by atoms with Gasteiger partial charge < -0.3 is 10.2 Å². The van der Waals surface area contributed by atoms with E-state index in [4.69, 9.17) is 10.2 Å². The maximum atomic E-state index is 5.66. The number of nitrogens with two attached hydrogens (primary N) is 1. The molecule has 0 aliphatic rings. The van der Waals surface area contributed by atoms with Gasteiger partial charge in [-0.15, -0.1) is 0 Å². The Hall–Kier alpha value is -0.810. The first-order valence-electron chi connectivity index (χ1n) is 4.57. The van der Waals surface area contributed by atoms with E-state index < -0.39 is 0 Å². The normalized spacial score (nSPS) is 11.0. The van der Waals surface area contributed by atoms with Crippen molar-refractivity contribution in [3.8, 4) is 0 Å². The second-order valence-electron chi connectivity index (χ2n) is 3.05. The summed E-state index contributed by atoms with van der Waals surface area (Å²) >= 11 is 3.46. The number of hydrogen-bond donors (Lipinski definition) is 1. The van der Waals surface area contributed by atoms with E-state index in [9.17, 15) is 0 Å². The van der Waals surface area contributed by atoms with E-state index in [1.165, 1.54) is 0 Å². The maximum absolute atomic E-state index is 5.66. The van der Waals surface area contributed by atoms with Gasteiger partial charge in [0.1, 0.15) is 5.52 Å². The van der Waals surface area contributed by atoms with E-state index in [0.29, 0.717) is 5.69 Å². The highest BCUT2D eigenvalue weighted by Gasteiger charge is 2.05. The molecule has 0 spiro atoms. The van der Waals surface area contributed by atoms with Gasteiger partial charge in [-0.05, 0) is 18.4 Å². The molecule has 2 aromatic rings. The van der Waals surface area contributed by atoms with Gasteiger partial charge in [0.2, 0.25) is 0 Å². The number of thioether (sulfide) groups is 2. The van der Waals surface area contributed by atoms with E-state index in [1.54, 1.807) is 17.8 Å². The van der Waals surface area contributed by atoms with E-state index in [-0.39, 0.29) is 0 Å². The lowest BCUT2D eigenvalue weighted by Gasteiger charge is -1.92. The number of nitrogen functional groups attached to an aromatic ring is 1. The summed E-state index contributed by atoms with van der Waals surface area (Å²) in [7, 11) is 0. The Labute approximate surface area is 96.8 Å². The molecule has 0 amide bonds. The molecule has 1 aromatic carbocycles. The van der Waals surface area contributed by atoms with Crippen LogP contribution in [-0.2, 0) is 0 Å². The molecule has 0 unspecified atom stereocenters. The molecule has 15 heavy (non-hydrogen) atoms. The summed E-state index contributed by atoms with van der Waals surface area (Å²) in [6.07, 6.45) is 2.09. The molecule has 2 N–H and O–H groups in total. The van der Waals surface area contributed by atoms with Crippen LogP contribution in [0.2, 0.25) is 0 Å². The zero-order valence-corrected chi connectivity index (χ0v) is 10.0. The zero-order chi connectivity index (χ0) is 10.7. The van der Waals surface area contributed by atoms with Crippen LogP contribution < -0.4 is 5.73 Å². The Kier molecular flexibility index (Phi) is 3.43. The first-order chi connectivity index (χ1) is 7.29. The van der Waals surface area contributed by atoms with Crippen LogP contribution in [0, 0.1) is 0 Å². The predicted molar refractivity (Wildman–Crippen MR) is 67.5 cm³/mol. The minimum atomic E-state index is 0.708. The SMILES string of the molecule is CSCCSc1nc2ccc(N)cc2o1. The molecule has 0 atom stereocenters. The third-order valence-electron chi connectivity index (χ3n) is 1.91. The van der Waals surface area contributed by atoms with Crippen LogP contribution >= 0.6 is 23.5 Å². The van der Waals surface area contributed by atoms with Crippen LogP contribution in [0.5, 0.6) is 0 Å². The molecule has 1 aromatic heterocycles. The molecule has 3 nitrogen and oxygen atoms in total. The summed E-state index contributed by atoms with van der Waals surface area (Å²) in [6.45, 7) is 0. The van der Waals surface area contributed by atoms with Gasteiger partial charge in [0.25, 0.3) is 5.22 Å². The van der Waals surface area contributed by atoms with Crippen molar-refractivity contribution in [3.63, 3.8) is 0 Å². The lowest BCUT2D eigenvalue weighted by atomic mass is 10.3. The highest BCUT2D eigenvalue weighted by molar-refractivity contribution is 8.02. The number of hydrogen-bond acceptors (Lipinski definition) is 5. The fraction of sp³-hybridized carbons (Fsp3) is 0.300. The number of nitrogens with zero attached hydrogens (tertiary/aromatic N) is 1. The number of rotatable bonds is 4. The minimum Gasteiger partial charge on any atom is -0.431 e. The van der Waals surface area contributed by atoms with Gasteiger partial charge in [0, 0.05) is 23.3 Å². The molecule has 5 heteroatoms. The average molecular weight is 240 g/mol. The highest BCUT2D eigenvalue weighted by atomic mass is 32.2. The highest BCUT2D eigenvalue weighted by Crippen LogP contribution is 2.25. The van der Waals surface area contributed by atoms with E-state index in [0.717, 1.165) is 27.8 Å². The molecule has 0 saturated carbocycles. The van der Waals surface area contributed by atoms with Gasteiger partial charge in [-0.2, -0.15) is 11.8 Å². The van der Waals surface area contributed by atoms with Crippen molar-refractivity contribution in [1.29, 1.82) is 0 Å². The Morgan fingerprint density at radius 3 is 3.07 bits per heavy atom. The van der Waals surface area contributed by atoms with Gasteiger partial charge in [-0.3, -0.25) is 0 Å². The lowest BCUT2D eigenvalue weighted by Crippen LogP contribution is -1.82. The molecule has 0 aliphatic carbocycles. The Balaban J connectivity index is 2.16. The van der Waals surface area contributed by atoms with Crippen molar-refractivity contribution in [2.24, 2.45) is 0 Å². The maximum Gasteiger partial charge on any atom is 0.256 e. The minimum absolute atomic E-state index is 0.708. The topological polar surface area (TPSA) is 52.0 Å². The summed E-state index contributed by atoms with van der Waals surface area (Å²) < 4.78 is 5.56. The summed E-state index contributed by atoms with van der Waals surface area (Å²) in [6, 6.07) is 5.52. The Bertz CT molecular complexity index is 456. The molecule has 0 bridgehead atoms. The second kappa shape index (κ2) is 4.81. The zero-order valence-electron chi connectivity index (χ0n) is 8.40. The summed E-state index contributed by atoms with van der Waals surface area (Å²) in [5, 5.41) is 0.727. The van der Waals surface area contributed by atoms with E-state index in [2.05, 4.69) is 11.2 Å². The summed E-state index contributed by atoms with van der Waals surface area (Å²) in [5.74, 6) is 2.12. The van der Waals surface area contributed by atoms with Crippen molar-refractivity contribution in [2.45, 2.75) is 5.22 Å². The van der Waals surface area contributed by atoms with E-state index in [1.807, 2.05) is 23.9 Å². The molecular weight excluding hydrogens is 228 g/mol. The summed E-state index contributed by atoms with van der Waals surface area (Å²) in [4.78, 5) is 4.36. The quantitative estimate of drug-likeness (QED) is 0.506. The Morgan fingerprint density at radius 2 is 2.27 bits per heavy atom. The third kappa shape index (κ3) is 2.60. The van der Waals surface area contributed by atoms with Crippen molar-refractivity contribution in [1.82, 2.24) is 4.98 Å². The second-order valence-corrected chi connectivity index (χ2v) is 5.08. The molecular formula is C10H12N2OS2. The fourth-order valence-corrected chi connectivity index (χ4v) is 2.68. The van der Waals surface area contributed by atoms with Crippen LogP contribution in [-0.4, -0.2) is 22.7 Å². The van der Waals surface area contributed by atoms with Crippen molar-refractivity contribution < 1.29 is 4.42 Å². The molecule has 2 rings (SSSR count). The number of oxazole rings is 1. The molecule has 0 saturated heterocycles. The number of fused-ring (bicyclic) bond motifs is 1. The van der Waals surface area contributed by atoms with Gasteiger partial charge in [0.15, 0.2) is 5.58 Å². The van der Waals surface area contributed by atoms with Crippen LogP contribution in [0.3, 0.4) is 0 Å². The van der Waals surface area contributed by atoms with Crippen LogP contribution in [0.4, 0.5) is 5.69 Å². The molecule has 0 fully saturated rings. The first kappa shape index (κ1) is 10.7.